The van der Waals surface area contributed by atoms with Crippen LogP contribution in [0.3, 0.4) is 0 Å². The molecule has 1 aliphatic heterocycles. The quantitative estimate of drug-likeness (QED) is 0.681. The second kappa shape index (κ2) is 2.91. The van der Waals surface area contributed by atoms with Crippen LogP contribution in [0.1, 0.15) is 25.8 Å². The van der Waals surface area contributed by atoms with E-state index in [1.54, 1.807) is 6.07 Å². The molecule has 0 aromatic heterocycles. The van der Waals surface area contributed by atoms with Crippen molar-refractivity contribution in [2.45, 2.75) is 32.2 Å². The van der Waals surface area contributed by atoms with Crippen LogP contribution in [0.5, 0.6) is 5.75 Å². The number of aromatic hydroxyl groups is 1. The molecule has 1 N–H and O–H groups in total. The molecule has 2 heteroatoms. The molecule has 1 aromatic carbocycles. The zero-order valence-corrected chi connectivity index (χ0v) is 9.04. The van der Waals surface area contributed by atoms with E-state index in [1.807, 2.05) is 12.1 Å². The molecule has 2 rings (SSSR count). The van der Waals surface area contributed by atoms with Gasteiger partial charge in [-0.3, -0.25) is 0 Å². The first-order valence-corrected chi connectivity index (χ1v) is 5.06. The van der Waals surface area contributed by atoms with Gasteiger partial charge in [0, 0.05) is 24.3 Å². The first-order chi connectivity index (χ1) is 6.50. The number of rotatable bonds is 0. The van der Waals surface area contributed by atoms with Crippen LogP contribution in [0, 0.1) is 0 Å². The first-order valence-electron chi connectivity index (χ1n) is 5.06. The van der Waals surface area contributed by atoms with Crippen LogP contribution in [-0.2, 0) is 6.42 Å². The Labute approximate surface area is 85.2 Å². The van der Waals surface area contributed by atoms with Crippen LogP contribution in [-0.4, -0.2) is 17.7 Å². The van der Waals surface area contributed by atoms with Gasteiger partial charge in [-0.2, -0.15) is 0 Å². The highest BCUT2D eigenvalue weighted by Gasteiger charge is 2.29. The van der Waals surface area contributed by atoms with Gasteiger partial charge in [-0.05, 0) is 38.3 Å². The summed E-state index contributed by atoms with van der Waals surface area (Å²) in [6.45, 7) is 4.47. The lowest BCUT2D eigenvalue weighted by Gasteiger charge is -2.42. The molecule has 0 radical (unpaired) electrons. The first kappa shape index (κ1) is 9.38. The Kier molecular flexibility index (Phi) is 1.95. The summed E-state index contributed by atoms with van der Waals surface area (Å²) in [5.74, 6) is 0.355. The Morgan fingerprint density at radius 3 is 2.79 bits per heavy atom. The van der Waals surface area contributed by atoms with E-state index in [-0.39, 0.29) is 5.54 Å². The van der Waals surface area contributed by atoms with Gasteiger partial charge in [0.15, 0.2) is 0 Å². The van der Waals surface area contributed by atoms with E-state index in [1.165, 1.54) is 17.7 Å². The minimum absolute atomic E-state index is 0.195. The maximum Gasteiger partial charge on any atom is 0.117 e. The lowest BCUT2D eigenvalue weighted by molar-refractivity contribution is 0.428. The van der Waals surface area contributed by atoms with Crippen molar-refractivity contribution in [2.24, 2.45) is 0 Å². The van der Waals surface area contributed by atoms with E-state index in [0.29, 0.717) is 5.75 Å². The highest BCUT2D eigenvalue weighted by molar-refractivity contribution is 5.60. The van der Waals surface area contributed by atoms with Crippen LogP contribution in [0.2, 0.25) is 0 Å². The molecule has 0 saturated carbocycles. The molecule has 0 bridgehead atoms. The number of benzene rings is 1. The maximum absolute atomic E-state index is 9.45. The Morgan fingerprint density at radius 2 is 2.07 bits per heavy atom. The summed E-state index contributed by atoms with van der Waals surface area (Å²) in [6.07, 6.45) is 2.27. The van der Waals surface area contributed by atoms with Crippen LogP contribution in [0.15, 0.2) is 18.2 Å². The summed E-state index contributed by atoms with van der Waals surface area (Å²) >= 11 is 0. The van der Waals surface area contributed by atoms with E-state index in [4.69, 9.17) is 0 Å². The van der Waals surface area contributed by atoms with Crippen LogP contribution >= 0.6 is 0 Å². The Bertz CT molecular complexity index is 357. The molecule has 0 saturated heterocycles. The molecule has 1 aliphatic rings. The molecular formula is C12H17NO. The molecule has 1 aromatic rings. The Hall–Kier alpha value is -1.18. The van der Waals surface area contributed by atoms with Gasteiger partial charge in [-0.1, -0.05) is 6.07 Å². The van der Waals surface area contributed by atoms with Crippen molar-refractivity contribution >= 4 is 5.69 Å². The topological polar surface area (TPSA) is 23.5 Å². The molecule has 0 aliphatic carbocycles. The summed E-state index contributed by atoms with van der Waals surface area (Å²) < 4.78 is 0. The molecule has 2 nitrogen and oxygen atoms in total. The highest BCUT2D eigenvalue weighted by Crippen LogP contribution is 2.36. The van der Waals surface area contributed by atoms with E-state index < -0.39 is 0 Å². The van der Waals surface area contributed by atoms with Gasteiger partial charge in [0.25, 0.3) is 0 Å². The summed E-state index contributed by atoms with van der Waals surface area (Å²) in [7, 11) is 2.09. The second-order valence-electron chi connectivity index (χ2n) is 4.68. The van der Waals surface area contributed by atoms with Gasteiger partial charge in [-0.25, -0.2) is 0 Å². The fourth-order valence-electron chi connectivity index (χ4n) is 2.01. The molecule has 0 spiro atoms. The summed E-state index contributed by atoms with van der Waals surface area (Å²) in [5.41, 5.74) is 2.70. The monoisotopic (exact) mass is 191 g/mol. The maximum atomic E-state index is 9.45. The summed E-state index contributed by atoms with van der Waals surface area (Å²) in [4.78, 5) is 2.26. The SMILES string of the molecule is CN1c2cc(O)ccc2CCC1(C)C. The molecule has 14 heavy (non-hydrogen) atoms. The normalized spacial score (nSPS) is 19.2. The standard InChI is InChI=1S/C12H17NO/c1-12(2)7-6-9-4-5-10(14)8-11(9)13(12)3/h4-5,8,14H,6-7H2,1-3H3. The van der Waals surface area contributed by atoms with E-state index >= 15 is 0 Å². The molecule has 1 heterocycles. The second-order valence-corrected chi connectivity index (χ2v) is 4.68. The van der Waals surface area contributed by atoms with Gasteiger partial charge in [0.2, 0.25) is 0 Å². The zero-order valence-electron chi connectivity index (χ0n) is 9.04. The smallest absolute Gasteiger partial charge is 0.117 e. The minimum Gasteiger partial charge on any atom is -0.508 e. The van der Waals surface area contributed by atoms with Gasteiger partial charge in [0.05, 0.1) is 0 Å². The number of hydrogen-bond acceptors (Lipinski definition) is 2. The van der Waals surface area contributed by atoms with Crippen molar-refractivity contribution in [1.82, 2.24) is 0 Å². The molecular weight excluding hydrogens is 174 g/mol. The van der Waals surface area contributed by atoms with Crippen molar-refractivity contribution < 1.29 is 5.11 Å². The summed E-state index contributed by atoms with van der Waals surface area (Å²) in [6, 6.07) is 5.65. The molecule has 76 valence electrons. The number of phenols is 1. The van der Waals surface area contributed by atoms with Crippen molar-refractivity contribution in [2.75, 3.05) is 11.9 Å². The number of anilines is 1. The van der Waals surface area contributed by atoms with Gasteiger partial charge in [0.1, 0.15) is 5.75 Å². The van der Waals surface area contributed by atoms with Crippen molar-refractivity contribution in [1.29, 1.82) is 0 Å². The van der Waals surface area contributed by atoms with Crippen molar-refractivity contribution in [3.05, 3.63) is 23.8 Å². The van der Waals surface area contributed by atoms with Crippen LogP contribution in [0.4, 0.5) is 5.69 Å². The zero-order chi connectivity index (χ0) is 10.3. The average molecular weight is 191 g/mol. The predicted octanol–water partition coefficient (Wildman–Crippen LogP) is 2.55. The van der Waals surface area contributed by atoms with Crippen LogP contribution < -0.4 is 4.90 Å². The number of nitrogens with zero attached hydrogens (tertiary/aromatic N) is 1. The Balaban J connectivity index is 2.48. The molecule has 0 unspecified atom stereocenters. The minimum atomic E-state index is 0.195. The van der Waals surface area contributed by atoms with Gasteiger partial charge >= 0.3 is 0 Å². The van der Waals surface area contributed by atoms with E-state index in [0.717, 1.165) is 6.42 Å². The number of aryl methyl sites for hydroxylation is 1. The van der Waals surface area contributed by atoms with Crippen molar-refractivity contribution in [3.8, 4) is 5.75 Å². The number of phenolic OH excluding ortho intramolecular Hbond substituents is 1. The average Bonchev–Trinajstić information content (AvgIpc) is 2.13. The fourth-order valence-corrected chi connectivity index (χ4v) is 2.01. The van der Waals surface area contributed by atoms with Crippen molar-refractivity contribution in [3.63, 3.8) is 0 Å². The third-order valence-electron chi connectivity index (χ3n) is 3.34. The van der Waals surface area contributed by atoms with Gasteiger partial charge < -0.3 is 10.0 Å². The summed E-state index contributed by atoms with van der Waals surface area (Å²) in [5, 5.41) is 9.45. The fraction of sp³-hybridized carbons (Fsp3) is 0.500. The van der Waals surface area contributed by atoms with Crippen LogP contribution in [0.25, 0.3) is 0 Å². The lowest BCUT2D eigenvalue weighted by Crippen LogP contribution is -2.44. The molecule has 0 amide bonds. The lowest BCUT2D eigenvalue weighted by atomic mass is 9.87. The van der Waals surface area contributed by atoms with Gasteiger partial charge in [-0.15, -0.1) is 0 Å². The highest BCUT2D eigenvalue weighted by atomic mass is 16.3. The van der Waals surface area contributed by atoms with E-state index in [2.05, 4.69) is 25.8 Å². The third-order valence-corrected chi connectivity index (χ3v) is 3.34. The third kappa shape index (κ3) is 1.35. The molecule has 0 atom stereocenters. The largest absolute Gasteiger partial charge is 0.508 e. The number of hydrogen-bond donors (Lipinski definition) is 1. The van der Waals surface area contributed by atoms with E-state index in [9.17, 15) is 5.11 Å². The number of fused-ring (bicyclic) bond motifs is 1. The predicted molar refractivity (Wildman–Crippen MR) is 58.9 cm³/mol. The Morgan fingerprint density at radius 1 is 1.36 bits per heavy atom. The molecule has 0 fully saturated rings.